The number of halogens is 1. The fraction of sp³-hybridized carbons (Fsp3) is 0.517. The van der Waals surface area contributed by atoms with Crippen LogP contribution in [0.5, 0.6) is 0 Å². The first-order valence-corrected chi connectivity index (χ1v) is 13.5. The van der Waals surface area contributed by atoms with Gasteiger partial charge < -0.3 is 10.6 Å². The highest BCUT2D eigenvalue weighted by atomic mass is 35.5. The molecular formula is C29H39ClN4O. The van der Waals surface area contributed by atoms with Crippen LogP contribution in [-0.4, -0.2) is 21.3 Å². The summed E-state index contributed by atoms with van der Waals surface area (Å²) in [5, 5.41) is 7.31. The van der Waals surface area contributed by atoms with Crippen molar-refractivity contribution in [2.75, 3.05) is 5.32 Å². The second-order valence-electron chi connectivity index (χ2n) is 10.4. The number of hydrogen-bond acceptors (Lipinski definition) is 3. The lowest BCUT2D eigenvalue weighted by molar-refractivity contribution is 0.0944. The number of fused-ring (bicyclic) bond motifs is 1. The molecule has 2 aromatic heterocycles. The van der Waals surface area contributed by atoms with E-state index in [2.05, 4.69) is 60.7 Å². The summed E-state index contributed by atoms with van der Waals surface area (Å²) in [5.74, 6) is 2.44. The van der Waals surface area contributed by atoms with Gasteiger partial charge in [0, 0.05) is 24.5 Å². The number of carbonyl (C=O) groups is 1. The van der Waals surface area contributed by atoms with Crippen LogP contribution in [0.2, 0.25) is 5.02 Å². The van der Waals surface area contributed by atoms with E-state index in [0.29, 0.717) is 29.7 Å². The third-order valence-electron chi connectivity index (χ3n) is 7.43. The molecule has 1 aromatic carbocycles. The van der Waals surface area contributed by atoms with Gasteiger partial charge in [0.2, 0.25) is 0 Å². The van der Waals surface area contributed by atoms with Crippen molar-refractivity contribution < 1.29 is 4.79 Å². The molecule has 3 aromatic rings. The molecule has 1 fully saturated rings. The lowest BCUT2D eigenvalue weighted by Crippen LogP contribution is -2.26. The van der Waals surface area contributed by atoms with Gasteiger partial charge in [-0.15, -0.1) is 0 Å². The van der Waals surface area contributed by atoms with Gasteiger partial charge >= 0.3 is 0 Å². The van der Waals surface area contributed by atoms with Gasteiger partial charge in [-0.05, 0) is 86.6 Å². The predicted molar refractivity (Wildman–Crippen MR) is 145 cm³/mol. The molecule has 188 valence electrons. The topological polar surface area (TPSA) is 58.4 Å². The van der Waals surface area contributed by atoms with Crippen LogP contribution >= 0.6 is 11.6 Å². The molecule has 0 spiro atoms. The SMILES string of the molecule is CCc1nc2ccc(Cl)cn2c1C(=O)NCc1ccc(NC(C)CC2CC(C)CC(CC)C2)cc1. The van der Waals surface area contributed by atoms with Gasteiger partial charge in [-0.2, -0.15) is 0 Å². The number of amides is 1. The highest BCUT2D eigenvalue weighted by Crippen LogP contribution is 2.37. The van der Waals surface area contributed by atoms with Crippen LogP contribution in [0.4, 0.5) is 5.69 Å². The molecule has 6 heteroatoms. The minimum absolute atomic E-state index is 0.139. The standard InChI is InChI=1S/C29H39ClN4O/c1-5-21-13-19(3)14-23(16-21)15-20(4)32-25-10-7-22(8-11-25)17-31-29(35)28-26(6-2)33-27-12-9-24(30)18-34(27)28/h7-12,18-21,23,32H,5-6,13-17H2,1-4H3,(H,31,35). The number of hydrogen-bond donors (Lipinski definition) is 2. The third-order valence-corrected chi connectivity index (χ3v) is 7.65. The number of pyridine rings is 1. The Kier molecular flexibility index (Phi) is 8.38. The van der Waals surface area contributed by atoms with Gasteiger partial charge in [-0.25, -0.2) is 4.98 Å². The van der Waals surface area contributed by atoms with Crippen LogP contribution in [0.3, 0.4) is 0 Å². The fourth-order valence-electron chi connectivity index (χ4n) is 5.81. The minimum atomic E-state index is -0.139. The lowest BCUT2D eigenvalue weighted by Gasteiger charge is -2.34. The quantitative estimate of drug-likeness (QED) is 0.332. The van der Waals surface area contributed by atoms with Crippen molar-refractivity contribution in [3.63, 3.8) is 0 Å². The molecule has 1 aliphatic carbocycles. The number of nitrogens with one attached hydrogen (secondary N) is 2. The number of aryl methyl sites for hydroxylation is 1. The van der Waals surface area contributed by atoms with Crippen LogP contribution < -0.4 is 10.6 Å². The number of rotatable bonds is 9. The van der Waals surface area contributed by atoms with Crippen LogP contribution in [0.1, 0.15) is 81.5 Å². The first-order valence-electron chi connectivity index (χ1n) is 13.2. The van der Waals surface area contributed by atoms with E-state index in [-0.39, 0.29) is 5.91 Å². The van der Waals surface area contributed by atoms with Crippen molar-refractivity contribution in [1.82, 2.24) is 14.7 Å². The van der Waals surface area contributed by atoms with E-state index in [1.807, 2.05) is 13.0 Å². The zero-order valence-electron chi connectivity index (χ0n) is 21.5. The number of benzene rings is 1. The summed E-state index contributed by atoms with van der Waals surface area (Å²) in [5.41, 5.74) is 4.26. The molecule has 1 saturated carbocycles. The van der Waals surface area contributed by atoms with E-state index in [1.165, 1.54) is 32.1 Å². The molecule has 4 unspecified atom stereocenters. The minimum Gasteiger partial charge on any atom is -0.383 e. The van der Waals surface area contributed by atoms with Gasteiger partial charge in [-0.3, -0.25) is 9.20 Å². The summed E-state index contributed by atoms with van der Waals surface area (Å²) < 4.78 is 1.78. The van der Waals surface area contributed by atoms with E-state index >= 15 is 0 Å². The van der Waals surface area contributed by atoms with Crippen LogP contribution in [-0.2, 0) is 13.0 Å². The maximum absolute atomic E-state index is 13.0. The summed E-state index contributed by atoms with van der Waals surface area (Å²) >= 11 is 6.16. The first kappa shape index (κ1) is 25.6. The molecule has 5 nitrogen and oxygen atoms in total. The second-order valence-corrected chi connectivity index (χ2v) is 10.9. The van der Waals surface area contributed by atoms with Crippen molar-refractivity contribution in [1.29, 1.82) is 0 Å². The van der Waals surface area contributed by atoms with E-state index < -0.39 is 0 Å². The Hall–Kier alpha value is -2.53. The molecular weight excluding hydrogens is 456 g/mol. The van der Waals surface area contributed by atoms with Crippen molar-refractivity contribution in [2.45, 2.75) is 78.8 Å². The summed E-state index contributed by atoms with van der Waals surface area (Å²) in [4.78, 5) is 17.6. The number of aromatic nitrogens is 2. The van der Waals surface area contributed by atoms with Gasteiger partial charge in [0.1, 0.15) is 11.3 Å². The molecule has 1 amide bonds. The summed E-state index contributed by atoms with van der Waals surface area (Å²) in [6.45, 7) is 9.51. The Morgan fingerprint density at radius 2 is 1.86 bits per heavy atom. The molecule has 4 atom stereocenters. The average Bonchev–Trinajstić information content (AvgIpc) is 3.20. The van der Waals surface area contributed by atoms with Crippen LogP contribution in [0.25, 0.3) is 5.65 Å². The fourth-order valence-corrected chi connectivity index (χ4v) is 5.97. The van der Waals surface area contributed by atoms with E-state index in [1.54, 1.807) is 16.7 Å². The monoisotopic (exact) mass is 494 g/mol. The normalized spacial score (nSPS) is 21.1. The van der Waals surface area contributed by atoms with Crippen molar-refractivity contribution in [3.8, 4) is 0 Å². The lowest BCUT2D eigenvalue weighted by atomic mass is 9.73. The summed E-state index contributed by atoms with van der Waals surface area (Å²) in [6, 6.07) is 12.5. The van der Waals surface area contributed by atoms with Gasteiger partial charge in [0.25, 0.3) is 5.91 Å². The Balaban J connectivity index is 1.32. The Bertz CT molecular complexity index is 1140. The first-order chi connectivity index (χ1) is 16.9. The highest BCUT2D eigenvalue weighted by Gasteiger charge is 2.26. The third kappa shape index (κ3) is 6.38. The van der Waals surface area contributed by atoms with Gasteiger partial charge in [0.15, 0.2) is 0 Å². The molecule has 2 N–H and O–H groups in total. The van der Waals surface area contributed by atoms with Crippen molar-refractivity contribution in [3.05, 3.63) is 64.6 Å². The Morgan fingerprint density at radius 3 is 2.57 bits per heavy atom. The molecule has 0 aliphatic heterocycles. The molecule has 4 rings (SSSR count). The van der Waals surface area contributed by atoms with Gasteiger partial charge in [-0.1, -0.05) is 50.9 Å². The van der Waals surface area contributed by atoms with E-state index in [4.69, 9.17) is 11.6 Å². The maximum atomic E-state index is 13.0. The molecule has 0 radical (unpaired) electrons. The number of anilines is 1. The molecule has 0 saturated heterocycles. The Morgan fingerprint density at radius 1 is 1.11 bits per heavy atom. The zero-order chi connectivity index (χ0) is 24.9. The maximum Gasteiger partial charge on any atom is 0.270 e. The van der Waals surface area contributed by atoms with Gasteiger partial charge in [0.05, 0.1) is 10.7 Å². The summed E-state index contributed by atoms with van der Waals surface area (Å²) in [7, 11) is 0. The predicted octanol–water partition coefficient (Wildman–Crippen LogP) is 7.13. The molecule has 35 heavy (non-hydrogen) atoms. The highest BCUT2D eigenvalue weighted by molar-refractivity contribution is 6.30. The zero-order valence-corrected chi connectivity index (χ0v) is 22.2. The smallest absolute Gasteiger partial charge is 0.270 e. The van der Waals surface area contributed by atoms with Crippen molar-refractivity contribution >= 4 is 28.8 Å². The average molecular weight is 495 g/mol. The number of imidazole rings is 1. The van der Waals surface area contributed by atoms with E-state index in [0.717, 1.165) is 40.3 Å². The van der Waals surface area contributed by atoms with E-state index in [9.17, 15) is 4.79 Å². The van der Waals surface area contributed by atoms with Crippen LogP contribution in [0, 0.1) is 17.8 Å². The van der Waals surface area contributed by atoms with Crippen LogP contribution in [0.15, 0.2) is 42.6 Å². The molecule has 2 heterocycles. The summed E-state index contributed by atoms with van der Waals surface area (Å²) in [6.07, 6.45) is 9.10. The molecule has 0 bridgehead atoms. The Labute approximate surface area is 214 Å². The van der Waals surface area contributed by atoms with Crippen molar-refractivity contribution in [2.24, 2.45) is 17.8 Å². The largest absolute Gasteiger partial charge is 0.383 e. The second kappa shape index (κ2) is 11.5. The number of nitrogens with zero attached hydrogens (tertiary/aromatic N) is 2. The number of carbonyl (C=O) groups excluding carboxylic acids is 1. The molecule has 1 aliphatic rings.